The Bertz CT molecular complexity index is 434. The van der Waals surface area contributed by atoms with E-state index in [0.717, 1.165) is 51.6 Å². The minimum Gasteiger partial charge on any atom is -0.458 e. The molecule has 4 aliphatic rings. The standard InChI is InChI=1S/C18H29NO3/c1-3-10-18(21,15-6-4-5-7-15)17(20)22-16-13(2)19-11-8-14(16)9-12-19/h3,10,13-16,21H,4-9,11-12H2,1-2H3/b10-3-. The molecule has 124 valence electrons. The minimum atomic E-state index is -1.43. The van der Waals surface area contributed by atoms with Crippen LogP contribution in [0, 0.1) is 11.8 Å². The van der Waals surface area contributed by atoms with Crippen LogP contribution in [0.1, 0.15) is 52.4 Å². The summed E-state index contributed by atoms with van der Waals surface area (Å²) in [6.45, 7) is 6.22. The van der Waals surface area contributed by atoms with Gasteiger partial charge in [-0.3, -0.25) is 4.90 Å². The van der Waals surface area contributed by atoms with Gasteiger partial charge >= 0.3 is 5.97 Å². The molecule has 0 aromatic heterocycles. The molecule has 3 saturated heterocycles. The fraction of sp³-hybridized carbons (Fsp3) is 0.833. The van der Waals surface area contributed by atoms with E-state index in [0.29, 0.717) is 5.92 Å². The summed E-state index contributed by atoms with van der Waals surface area (Å²) in [5.41, 5.74) is -1.43. The van der Waals surface area contributed by atoms with Crippen molar-refractivity contribution in [2.75, 3.05) is 13.1 Å². The van der Waals surface area contributed by atoms with Gasteiger partial charge in [0.05, 0.1) is 0 Å². The lowest BCUT2D eigenvalue weighted by atomic mass is 9.80. The molecule has 0 radical (unpaired) electrons. The smallest absolute Gasteiger partial charge is 0.342 e. The lowest BCUT2D eigenvalue weighted by Crippen LogP contribution is -2.59. The molecule has 4 heteroatoms. The molecule has 22 heavy (non-hydrogen) atoms. The first-order valence-electron chi connectivity index (χ1n) is 8.87. The maximum Gasteiger partial charge on any atom is 0.342 e. The first-order valence-corrected chi connectivity index (χ1v) is 8.87. The Balaban J connectivity index is 1.73. The molecule has 4 nitrogen and oxygen atoms in total. The predicted molar refractivity (Wildman–Crippen MR) is 85.4 cm³/mol. The second-order valence-electron chi connectivity index (χ2n) is 7.29. The topological polar surface area (TPSA) is 49.8 Å². The number of fused-ring (bicyclic) bond motifs is 3. The van der Waals surface area contributed by atoms with E-state index in [2.05, 4.69) is 11.8 Å². The lowest BCUT2D eigenvalue weighted by Gasteiger charge is -2.49. The molecule has 1 N–H and O–H groups in total. The number of carbonyl (C=O) groups excluding carboxylic acids is 1. The molecule has 3 atom stereocenters. The highest BCUT2D eigenvalue weighted by molar-refractivity contribution is 5.82. The predicted octanol–water partition coefficient (Wildman–Crippen LogP) is 2.51. The van der Waals surface area contributed by atoms with Gasteiger partial charge in [0.15, 0.2) is 5.60 Å². The number of ether oxygens (including phenoxy) is 1. The first-order chi connectivity index (χ1) is 10.6. The minimum absolute atomic E-state index is 0.00703. The molecule has 4 fully saturated rings. The number of carbonyl (C=O) groups is 1. The van der Waals surface area contributed by atoms with Crippen LogP contribution >= 0.6 is 0 Å². The van der Waals surface area contributed by atoms with Crippen LogP contribution < -0.4 is 0 Å². The molecular weight excluding hydrogens is 278 g/mol. The Morgan fingerprint density at radius 1 is 1.23 bits per heavy atom. The Kier molecular flexibility index (Phi) is 4.60. The van der Waals surface area contributed by atoms with E-state index in [1.807, 2.05) is 6.92 Å². The van der Waals surface area contributed by atoms with Crippen LogP contribution in [0.15, 0.2) is 12.2 Å². The number of rotatable bonds is 4. The van der Waals surface area contributed by atoms with Gasteiger partial charge < -0.3 is 9.84 Å². The number of hydrogen-bond donors (Lipinski definition) is 1. The normalized spacial score (nSPS) is 38.3. The van der Waals surface area contributed by atoms with Gasteiger partial charge in [-0.1, -0.05) is 18.9 Å². The average Bonchev–Trinajstić information content (AvgIpc) is 3.06. The largest absolute Gasteiger partial charge is 0.458 e. The molecule has 0 aromatic carbocycles. The number of esters is 1. The summed E-state index contributed by atoms with van der Waals surface area (Å²) >= 11 is 0. The maximum atomic E-state index is 12.8. The SMILES string of the molecule is C/C=C\C(O)(C(=O)OC1C2CCN(CC2)C1C)C1CCCC1. The van der Waals surface area contributed by atoms with Crippen molar-refractivity contribution in [3.8, 4) is 0 Å². The lowest BCUT2D eigenvalue weighted by molar-refractivity contribution is -0.185. The van der Waals surface area contributed by atoms with Crippen molar-refractivity contribution in [3.05, 3.63) is 12.2 Å². The van der Waals surface area contributed by atoms with Crippen molar-refractivity contribution in [3.63, 3.8) is 0 Å². The number of allylic oxidation sites excluding steroid dienone is 1. The van der Waals surface area contributed by atoms with E-state index < -0.39 is 11.6 Å². The van der Waals surface area contributed by atoms with Crippen molar-refractivity contribution in [1.29, 1.82) is 0 Å². The molecule has 3 unspecified atom stereocenters. The molecule has 3 aliphatic heterocycles. The third kappa shape index (κ3) is 2.71. The molecule has 0 aromatic rings. The molecule has 2 bridgehead atoms. The van der Waals surface area contributed by atoms with E-state index in [1.165, 1.54) is 0 Å². The van der Waals surface area contributed by atoms with Crippen LogP contribution in [0.3, 0.4) is 0 Å². The fourth-order valence-electron chi connectivity index (χ4n) is 4.66. The maximum absolute atomic E-state index is 12.8. The highest BCUT2D eigenvalue weighted by atomic mass is 16.6. The van der Waals surface area contributed by atoms with E-state index in [9.17, 15) is 9.90 Å². The average molecular weight is 307 g/mol. The van der Waals surface area contributed by atoms with Crippen LogP contribution in [0.2, 0.25) is 0 Å². The van der Waals surface area contributed by atoms with Crippen LogP contribution in [-0.4, -0.2) is 46.8 Å². The van der Waals surface area contributed by atoms with Crippen molar-refractivity contribution in [2.24, 2.45) is 11.8 Å². The zero-order valence-electron chi connectivity index (χ0n) is 13.8. The summed E-state index contributed by atoms with van der Waals surface area (Å²) in [4.78, 5) is 15.2. The van der Waals surface area contributed by atoms with E-state index in [1.54, 1.807) is 12.2 Å². The highest BCUT2D eigenvalue weighted by Gasteiger charge is 2.48. The Morgan fingerprint density at radius 2 is 1.86 bits per heavy atom. The molecule has 1 saturated carbocycles. The summed E-state index contributed by atoms with van der Waals surface area (Å²) < 4.78 is 5.89. The number of nitrogens with zero attached hydrogens (tertiary/aromatic N) is 1. The van der Waals surface area contributed by atoms with E-state index in [-0.39, 0.29) is 18.1 Å². The van der Waals surface area contributed by atoms with Gasteiger partial charge in [0, 0.05) is 12.0 Å². The van der Waals surface area contributed by atoms with Gasteiger partial charge in [0.1, 0.15) is 6.10 Å². The van der Waals surface area contributed by atoms with Crippen LogP contribution in [-0.2, 0) is 9.53 Å². The van der Waals surface area contributed by atoms with E-state index >= 15 is 0 Å². The van der Waals surface area contributed by atoms with Crippen LogP contribution in [0.4, 0.5) is 0 Å². The molecule has 0 amide bonds. The Hall–Kier alpha value is -0.870. The monoisotopic (exact) mass is 307 g/mol. The van der Waals surface area contributed by atoms with Crippen molar-refractivity contribution >= 4 is 5.97 Å². The van der Waals surface area contributed by atoms with Gasteiger partial charge in [0.25, 0.3) is 0 Å². The first kappa shape index (κ1) is 16.0. The summed E-state index contributed by atoms with van der Waals surface area (Å²) in [6.07, 6.45) is 9.57. The molecule has 4 rings (SSSR count). The third-order valence-corrected chi connectivity index (χ3v) is 6.06. The Labute approximate surface area is 133 Å². The van der Waals surface area contributed by atoms with Gasteiger partial charge in [-0.2, -0.15) is 0 Å². The zero-order valence-corrected chi connectivity index (χ0v) is 13.8. The quantitative estimate of drug-likeness (QED) is 0.640. The van der Waals surface area contributed by atoms with Crippen molar-refractivity contribution in [1.82, 2.24) is 4.90 Å². The second-order valence-corrected chi connectivity index (χ2v) is 7.29. The fourth-order valence-corrected chi connectivity index (χ4v) is 4.66. The summed E-state index contributed by atoms with van der Waals surface area (Å²) in [5, 5.41) is 11.0. The molecule has 3 heterocycles. The number of hydrogen-bond acceptors (Lipinski definition) is 4. The van der Waals surface area contributed by atoms with Crippen molar-refractivity contribution < 1.29 is 14.6 Å². The summed E-state index contributed by atoms with van der Waals surface area (Å²) in [7, 11) is 0. The van der Waals surface area contributed by atoms with Crippen LogP contribution in [0.5, 0.6) is 0 Å². The van der Waals surface area contributed by atoms with Gasteiger partial charge in [-0.05, 0) is 64.6 Å². The third-order valence-electron chi connectivity index (χ3n) is 6.06. The van der Waals surface area contributed by atoms with Crippen LogP contribution in [0.25, 0.3) is 0 Å². The number of aliphatic hydroxyl groups is 1. The van der Waals surface area contributed by atoms with E-state index in [4.69, 9.17) is 4.74 Å². The van der Waals surface area contributed by atoms with Gasteiger partial charge in [-0.25, -0.2) is 4.79 Å². The second kappa shape index (κ2) is 6.32. The summed E-state index contributed by atoms with van der Waals surface area (Å²) in [6, 6.07) is 0.273. The molecular formula is C18H29NO3. The molecule has 0 spiro atoms. The number of piperidine rings is 3. The zero-order chi connectivity index (χ0) is 15.7. The van der Waals surface area contributed by atoms with Crippen molar-refractivity contribution in [2.45, 2.75) is 70.1 Å². The summed E-state index contributed by atoms with van der Waals surface area (Å²) in [5.74, 6) is 0.0399. The van der Waals surface area contributed by atoms with Gasteiger partial charge in [0.2, 0.25) is 0 Å². The molecule has 1 aliphatic carbocycles. The highest BCUT2D eigenvalue weighted by Crippen LogP contribution is 2.39. The van der Waals surface area contributed by atoms with Gasteiger partial charge in [-0.15, -0.1) is 0 Å². The Morgan fingerprint density at radius 3 is 2.41 bits per heavy atom.